The van der Waals surface area contributed by atoms with Gasteiger partial charge in [-0.05, 0) is 41.8 Å². The molecule has 7 nitrogen and oxygen atoms in total. The molecule has 1 aliphatic rings. The highest BCUT2D eigenvalue weighted by atomic mass is 35.5. The number of ether oxygens (including phenoxy) is 2. The predicted octanol–water partition coefficient (Wildman–Crippen LogP) is 3.12. The molecule has 0 radical (unpaired) electrons. The summed E-state index contributed by atoms with van der Waals surface area (Å²) in [6, 6.07) is 8.65. The Balaban J connectivity index is 2.14. The number of hydrogen-bond donors (Lipinski definition) is 1. The molecule has 1 heterocycles. The summed E-state index contributed by atoms with van der Waals surface area (Å²) >= 11 is 6.11. The SMILES string of the molecule is COc1cc2c(cc1OC)[C@@H](CC(=O)O)N(S(=O)(=O)c1ccccc1Cl)CC2. The van der Waals surface area contributed by atoms with E-state index in [4.69, 9.17) is 21.1 Å². The lowest BCUT2D eigenvalue weighted by molar-refractivity contribution is -0.138. The average molecular weight is 426 g/mol. The van der Waals surface area contributed by atoms with Gasteiger partial charge >= 0.3 is 5.97 Å². The molecule has 150 valence electrons. The molecule has 0 fully saturated rings. The van der Waals surface area contributed by atoms with Crippen molar-refractivity contribution in [3.8, 4) is 11.5 Å². The van der Waals surface area contributed by atoms with Gasteiger partial charge in [0, 0.05) is 6.54 Å². The molecule has 0 amide bonds. The van der Waals surface area contributed by atoms with Gasteiger partial charge in [-0.2, -0.15) is 4.31 Å². The Morgan fingerprint density at radius 1 is 1.21 bits per heavy atom. The van der Waals surface area contributed by atoms with E-state index < -0.39 is 22.0 Å². The van der Waals surface area contributed by atoms with Gasteiger partial charge in [-0.25, -0.2) is 8.42 Å². The van der Waals surface area contributed by atoms with Crippen LogP contribution < -0.4 is 9.47 Å². The van der Waals surface area contributed by atoms with Gasteiger partial charge in [0.25, 0.3) is 0 Å². The second-order valence-corrected chi connectivity index (χ2v) is 8.58. The van der Waals surface area contributed by atoms with Crippen LogP contribution in [0.2, 0.25) is 5.02 Å². The maximum Gasteiger partial charge on any atom is 0.305 e. The zero-order valence-electron chi connectivity index (χ0n) is 15.4. The summed E-state index contributed by atoms with van der Waals surface area (Å²) < 4.78 is 38.4. The van der Waals surface area contributed by atoms with Gasteiger partial charge < -0.3 is 14.6 Å². The van der Waals surface area contributed by atoms with Gasteiger partial charge in [0.2, 0.25) is 10.0 Å². The molecule has 2 aromatic rings. The van der Waals surface area contributed by atoms with Gasteiger partial charge in [-0.15, -0.1) is 0 Å². The fourth-order valence-corrected chi connectivity index (χ4v) is 5.55. The van der Waals surface area contributed by atoms with Crippen molar-refractivity contribution in [1.82, 2.24) is 4.31 Å². The molecule has 28 heavy (non-hydrogen) atoms. The van der Waals surface area contributed by atoms with Gasteiger partial charge in [0.15, 0.2) is 11.5 Å². The zero-order valence-corrected chi connectivity index (χ0v) is 17.0. The first kappa shape index (κ1) is 20.4. The van der Waals surface area contributed by atoms with Gasteiger partial charge in [-0.3, -0.25) is 4.79 Å². The first-order chi connectivity index (χ1) is 13.3. The third kappa shape index (κ3) is 3.67. The Morgan fingerprint density at radius 3 is 2.46 bits per heavy atom. The lowest BCUT2D eigenvalue weighted by Gasteiger charge is -2.36. The Labute approximate surface area is 168 Å². The number of methoxy groups -OCH3 is 2. The molecule has 0 saturated heterocycles. The van der Waals surface area contributed by atoms with Crippen LogP contribution in [0.15, 0.2) is 41.3 Å². The van der Waals surface area contributed by atoms with Crippen molar-refractivity contribution >= 4 is 27.6 Å². The minimum Gasteiger partial charge on any atom is -0.493 e. The summed E-state index contributed by atoms with van der Waals surface area (Å²) in [5.41, 5.74) is 1.41. The number of nitrogens with zero attached hydrogens (tertiary/aromatic N) is 1. The van der Waals surface area contributed by atoms with Crippen molar-refractivity contribution in [3.05, 3.63) is 52.5 Å². The van der Waals surface area contributed by atoms with E-state index in [1.807, 2.05) is 0 Å². The smallest absolute Gasteiger partial charge is 0.305 e. The normalized spacial score (nSPS) is 17.0. The Hall–Kier alpha value is -2.29. The molecule has 1 aliphatic heterocycles. The summed E-state index contributed by atoms with van der Waals surface area (Å²) in [5, 5.41) is 9.52. The van der Waals surface area contributed by atoms with Gasteiger partial charge in [-0.1, -0.05) is 23.7 Å². The average Bonchev–Trinajstić information content (AvgIpc) is 2.66. The van der Waals surface area contributed by atoms with Crippen molar-refractivity contribution in [3.63, 3.8) is 0 Å². The van der Waals surface area contributed by atoms with E-state index in [2.05, 4.69) is 0 Å². The molecule has 0 aromatic heterocycles. The number of halogens is 1. The largest absolute Gasteiger partial charge is 0.493 e. The van der Waals surface area contributed by atoms with E-state index in [1.165, 1.54) is 30.7 Å². The van der Waals surface area contributed by atoms with E-state index >= 15 is 0 Å². The van der Waals surface area contributed by atoms with Crippen molar-refractivity contribution < 1.29 is 27.8 Å². The molecule has 1 atom stereocenters. The van der Waals surface area contributed by atoms with Crippen LogP contribution >= 0.6 is 11.6 Å². The van der Waals surface area contributed by atoms with Crippen LogP contribution in [0.1, 0.15) is 23.6 Å². The first-order valence-corrected chi connectivity index (χ1v) is 10.3. The van der Waals surface area contributed by atoms with E-state index in [9.17, 15) is 18.3 Å². The van der Waals surface area contributed by atoms with Crippen LogP contribution in [0, 0.1) is 0 Å². The summed E-state index contributed by atoms with van der Waals surface area (Å²) in [6.07, 6.45) is 0.0294. The second kappa shape index (κ2) is 7.98. The number of carboxylic acids is 1. The van der Waals surface area contributed by atoms with Crippen LogP contribution in [0.4, 0.5) is 0 Å². The molecule has 0 saturated carbocycles. The Bertz CT molecular complexity index is 1010. The maximum atomic E-state index is 13.3. The highest BCUT2D eigenvalue weighted by molar-refractivity contribution is 7.89. The van der Waals surface area contributed by atoms with Gasteiger partial charge in [0.05, 0.1) is 31.7 Å². The predicted molar refractivity (Wildman–Crippen MR) is 104 cm³/mol. The summed E-state index contributed by atoms with van der Waals surface area (Å²) in [7, 11) is -1.02. The number of rotatable bonds is 6. The molecule has 9 heteroatoms. The molecule has 1 N–H and O–H groups in total. The zero-order chi connectivity index (χ0) is 20.5. The van der Waals surface area contributed by atoms with E-state index in [-0.39, 0.29) is 22.9 Å². The van der Waals surface area contributed by atoms with Crippen molar-refractivity contribution in [2.24, 2.45) is 0 Å². The number of aliphatic carboxylic acids is 1. The monoisotopic (exact) mass is 425 g/mol. The third-order valence-corrected chi connectivity index (χ3v) is 7.15. The summed E-state index contributed by atoms with van der Waals surface area (Å²) in [5.74, 6) is -0.182. The van der Waals surface area contributed by atoms with Crippen LogP contribution in [0.25, 0.3) is 0 Å². The number of hydrogen-bond acceptors (Lipinski definition) is 5. The molecule has 0 unspecified atom stereocenters. The molecule has 0 aliphatic carbocycles. The molecule has 3 rings (SSSR count). The number of carbonyl (C=O) groups is 1. The molecular weight excluding hydrogens is 406 g/mol. The van der Waals surface area contributed by atoms with Crippen molar-refractivity contribution in [2.75, 3.05) is 20.8 Å². The summed E-state index contributed by atoms with van der Waals surface area (Å²) in [6.45, 7) is 0.133. The lowest BCUT2D eigenvalue weighted by atomic mass is 9.92. The van der Waals surface area contributed by atoms with Crippen LogP contribution in [-0.2, 0) is 21.2 Å². The number of carboxylic acid groups (broad SMARTS) is 1. The van der Waals surface area contributed by atoms with Crippen molar-refractivity contribution in [2.45, 2.75) is 23.8 Å². The maximum absolute atomic E-state index is 13.3. The highest BCUT2D eigenvalue weighted by Crippen LogP contribution is 2.42. The number of sulfonamides is 1. The van der Waals surface area contributed by atoms with Crippen molar-refractivity contribution in [1.29, 1.82) is 0 Å². The number of benzene rings is 2. The molecule has 0 spiro atoms. The van der Waals surface area contributed by atoms with Gasteiger partial charge in [0.1, 0.15) is 4.90 Å². The Morgan fingerprint density at radius 2 is 1.86 bits per heavy atom. The lowest BCUT2D eigenvalue weighted by Crippen LogP contribution is -2.41. The Kier molecular flexibility index (Phi) is 5.83. The van der Waals surface area contributed by atoms with E-state index in [1.54, 1.807) is 24.3 Å². The standard InChI is InChI=1S/C19H20ClNO6S/c1-26-16-9-12-7-8-21(28(24,25)18-6-4-3-5-14(18)20)15(11-19(22)23)13(12)10-17(16)27-2/h3-6,9-10,15H,7-8,11H2,1-2H3,(H,22,23)/t15-/m1/s1. The fourth-order valence-electron chi connectivity index (χ4n) is 3.45. The minimum absolute atomic E-state index is 0.0454. The second-order valence-electron chi connectivity index (χ2n) is 6.32. The van der Waals surface area contributed by atoms with E-state index in [0.717, 1.165) is 5.56 Å². The van der Waals surface area contributed by atoms with Crippen LogP contribution in [0.5, 0.6) is 11.5 Å². The molecule has 0 bridgehead atoms. The third-order valence-electron chi connectivity index (χ3n) is 4.74. The van der Waals surface area contributed by atoms with E-state index in [0.29, 0.717) is 23.5 Å². The topological polar surface area (TPSA) is 93.1 Å². The first-order valence-electron chi connectivity index (χ1n) is 8.52. The van der Waals surface area contributed by atoms with Crippen LogP contribution in [-0.4, -0.2) is 44.6 Å². The quantitative estimate of drug-likeness (QED) is 0.764. The number of fused-ring (bicyclic) bond motifs is 1. The molecular formula is C19H20ClNO6S. The fraction of sp³-hybridized carbons (Fsp3) is 0.316. The minimum atomic E-state index is -4.00. The molecule has 2 aromatic carbocycles. The highest BCUT2D eigenvalue weighted by Gasteiger charge is 2.39. The summed E-state index contributed by atoms with van der Waals surface area (Å²) in [4.78, 5) is 11.5. The van der Waals surface area contributed by atoms with Crippen LogP contribution in [0.3, 0.4) is 0 Å².